The quantitative estimate of drug-likeness (QED) is 0.655. The number of hydrogen-bond acceptors (Lipinski definition) is 2. The molecule has 1 aromatic carbocycles. The first-order chi connectivity index (χ1) is 10.0. The van der Waals surface area contributed by atoms with Gasteiger partial charge in [-0.15, -0.1) is 0 Å². The predicted octanol–water partition coefficient (Wildman–Crippen LogP) is 2.56. The van der Waals surface area contributed by atoms with Gasteiger partial charge in [-0.2, -0.15) is 5.10 Å². The molecule has 0 saturated heterocycles. The fourth-order valence-corrected chi connectivity index (χ4v) is 2.05. The zero-order valence-corrected chi connectivity index (χ0v) is 12.9. The highest BCUT2D eigenvalue weighted by atomic mass is 15.3. The fraction of sp³-hybridized carbons (Fsp3) is 0.375. The molecule has 0 saturated carbocycles. The Morgan fingerprint density at radius 1 is 1.38 bits per heavy atom. The van der Waals surface area contributed by atoms with E-state index in [-0.39, 0.29) is 0 Å². The normalized spacial score (nSPS) is 13.2. The molecular weight excluding hydrogens is 262 g/mol. The largest absolute Gasteiger partial charge is 0.370 e. The van der Waals surface area contributed by atoms with Gasteiger partial charge in [0, 0.05) is 31.2 Å². The van der Waals surface area contributed by atoms with Crippen molar-refractivity contribution < 1.29 is 0 Å². The van der Waals surface area contributed by atoms with Crippen LogP contribution in [0.2, 0.25) is 0 Å². The van der Waals surface area contributed by atoms with Crippen molar-refractivity contribution in [1.29, 1.82) is 0 Å². The van der Waals surface area contributed by atoms with E-state index in [1.807, 2.05) is 23.0 Å². The van der Waals surface area contributed by atoms with Crippen LogP contribution in [-0.2, 0) is 6.54 Å². The summed E-state index contributed by atoms with van der Waals surface area (Å²) in [5, 5.41) is 7.32. The summed E-state index contributed by atoms with van der Waals surface area (Å²) in [4.78, 5) is 4.39. The van der Waals surface area contributed by atoms with Crippen molar-refractivity contribution in [2.75, 3.05) is 11.9 Å². The molecule has 3 N–H and O–H groups in total. The summed E-state index contributed by atoms with van der Waals surface area (Å²) in [5.41, 5.74) is 9.41. The van der Waals surface area contributed by atoms with E-state index in [2.05, 4.69) is 48.3 Å². The van der Waals surface area contributed by atoms with Crippen LogP contribution in [0.5, 0.6) is 0 Å². The second-order valence-electron chi connectivity index (χ2n) is 5.48. The monoisotopic (exact) mass is 285 g/mol. The molecule has 1 unspecified atom stereocenters. The Kier molecular flexibility index (Phi) is 4.98. The summed E-state index contributed by atoms with van der Waals surface area (Å²) in [6, 6.07) is 8.08. The van der Waals surface area contributed by atoms with Crippen LogP contribution in [0.15, 0.2) is 41.7 Å². The van der Waals surface area contributed by atoms with Crippen LogP contribution < -0.4 is 11.1 Å². The molecule has 1 heterocycles. The number of benzene rings is 1. The number of aromatic nitrogens is 2. The maximum atomic E-state index is 5.93. The second-order valence-corrected chi connectivity index (χ2v) is 5.48. The number of hydrogen-bond donors (Lipinski definition) is 2. The van der Waals surface area contributed by atoms with E-state index in [1.54, 1.807) is 6.20 Å². The van der Waals surface area contributed by atoms with Crippen molar-refractivity contribution in [3.63, 3.8) is 0 Å². The van der Waals surface area contributed by atoms with Gasteiger partial charge in [0.1, 0.15) is 0 Å². The average molecular weight is 285 g/mol. The molecule has 2 aromatic rings. The number of aryl methyl sites for hydroxylation is 2. The molecule has 5 heteroatoms. The fourth-order valence-electron chi connectivity index (χ4n) is 2.05. The van der Waals surface area contributed by atoms with Crippen molar-refractivity contribution in [2.45, 2.75) is 27.3 Å². The number of nitrogens with one attached hydrogen (secondary N) is 1. The minimum Gasteiger partial charge on any atom is -0.370 e. The van der Waals surface area contributed by atoms with E-state index in [9.17, 15) is 0 Å². The number of nitrogens with zero attached hydrogens (tertiary/aromatic N) is 3. The van der Waals surface area contributed by atoms with Crippen molar-refractivity contribution >= 4 is 11.6 Å². The lowest BCUT2D eigenvalue weighted by Crippen LogP contribution is -2.24. The Labute approximate surface area is 125 Å². The van der Waals surface area contributed by atoms with Gasteiger partial charge >= 0.3 is 0 Å². The van der Waals surface area contributed by atoms with Crippen LogP contribution in [0.4, 0.5) is 5.69 Å². The van der Waals surface area contributed by atoms with E-state index in [1.165, 1.54) is 11.1 Å². The zero-order chi connectivity index (χ0) is 15.2. The van der Waals surface area contributed by atoms with Crippen molar-refractivity contribution in [3.8, 4) is 0 Å². The number of aliphatic imine (C=N–C) groups is 1. The maximum absolute atomic E-state index is 5.93. The molecular formula is C16H23N5. The van der Waals surface area contributed by atoms with Crippen LogP contribution in [0.25, 0.3) is 0 Å². The van der Waals surface area contributed by atoms with Crippen molar-refractivity contribution in [2.24, 2.45) is 16.6 Å². The summed E-state index contributed by atoms with van der Waals surface area (Å²) in [7, 11) is 0. The van der Waals surface area contributed by atoms with Crippen LogP contribution >= 0.6 is 0 Å². The Hall–Kier alpha value is -2.30. The standard InChI is InChI=1S/C16H23N5/c1-12(11-21-8-4-7-19-21)10-18-16(17)20-15-6-5-13(2)14(3)9-15/h4-9,12H,10-11H2,1-3H3,(H3,17,18,20). The third-order valence-electron chi connectivity index (χ3n) is 3.41. The molecule has 1 atom stereocenters. The molecule has 0 amide bonds. The minimum absolute atomic E-state index is 0.380. The Bertz CT molecular complexity index is 601. The summed E-state index contributed by atoms with van der Waals surface area (Å²) in [6.07, 6.45) is 3.74. The molecule has 21 heavy (non-hydrogen) atoms. The maximum Gasteiger partial charge on any atom is 0.193 e. The summed E-state index contributed by atoms with van der Waals surface area (Å²) >= 11 is 0. The van der Waals surface area contributed by atoms with Gasteiger partial charge in [0.05, 0.1) is 0 Å². The van der Waals surface area contributed by atoms with Gasteiger partial charge in [0.25, 0.3) is 0 Å². The van der Waals surface area contributed by atoms with Gasteiger partial charge in [-0.3, -0.25) is 9.67 Å². The predicted molar refractivity (Wildman–Crippen MR) is 87.4 cm³/mol. The topological polar surface area (TPSA) is 68.2 Å². The molecule has 5 nitrogen and oxygen atoms in total. The number of anilines is 1. The lowest BCUT2D eigenvalue weighted by molar-refractivity contribution is 0.459. The van der Waals surface area contributed by atoms with Crippen LogP contribution in [0, 0.1) is 19.8 Å². The van der Waals surface area contributed by atoms with Crippen molar-refractivity contribution in [1.82, 2.24) is 9.78 Å². The first-order valence-corrected chi connectivity index (χ1v) is 7.16. The van der Waals surface area contributed by atoms with E-state index < -0.39 is 0 Å². The van der Waals surface area contributed by atoms with Crippen LogP contribution in [0.3, 0.4) is 0 Å². The third kappa shape index (κ3) is 4.63. The highest BCUT2D eigenvalue weighted by molar-refractivity contribution is 5.92. The van der Waals surface area contributed by atoms with Gasteiger partial charge in [0.2, 0.25) is 0 Å². The lowest BCUT2D eigenvalue weighted by Gasteiger charge is -2.11. The van der Waals surface area contributed by atoms with Crippen molar-refractivity contribution in [3.05, 3.63) is 47.8 Å². The molecule has 0 spiro atoms. The summed E-state index contributed by atoms with van der Waals surface area (Å²) in [5.74, 6) is 0.829. The molecule has 1 aromatic heterocycles. The Morgan fingerprint density at radius 3 is 2.86 bits per heavy atom. The highest BCUT2D eigenvalue weighted by Crippen LogP contribution is 2.13. The summed E-state index contributed by atoms with van der Waals surface area (Å²) in [6.45, 7) is 7.82. The van der Waals surface area contributed by atoms with Gasteiger partial charge < -0.3 is 11.1 Å². The third-order valence-corrected chi connectivity index (χ3v) is 3.41. The number of guanidine groups is 1. The molecule has 0 aliphatic rings. The van der Waals surface area contributed by atoms with Gasteiger partial charge in [0.15, 0.2) is 5.96 Å². The Morgan fingerprint density at radius 2 is 2.19 bits per heavy atom. The molecule has 0 bridgehead atoms. The zero-order valence-electron chi connectivity index (χ0n) is 12.9. The second kappa shape index (κ2) is 6.92. The van der Waals surface area contributed by atoms with Gasteiger partial charge in [-0.25, -0.2) is 0 Å². The molecule has 0 fully saturated rings. The van der Waals surface area contributed by atoms with E-state index >= 15 is 0 Å². The first-order valence-electron chi connectivity index (χ1n) is 7.16. The molecule has 0 radical (unpaired) electrons. The minimum atomic E-state index is 0.380. The average Bonchev–Trinajstić information content (AvgIpc) is 2.93. The molecule has 0 aliphatic heterocycles. The molecule has 2 rings (SSSR count). The number of nitrogens with two attached hydrogens (primary N) is 1. The van der Waals surface area contributed by atoms with Crippen LogP contribution in [-0.4, -0.2) is 22.3 Å². The first kappa shape index (κ1) is 15.1. The molecule has 112 valence electrons. The van der Waals surface area contributed by atoms with E-state index in [0.29, 0.717) is 18.4 Å². The smallest absolute Gasteiger partial charge is 0.193 e. The van der Waals surface area contributed by atoms with Crippen LogP contribution in [0.1, 0.15) is 18.1 Å². The molecule has 0 aliphatic carbocycles. The van der Waals surface area contributed by atoms with E-state index in [0.717, 1.165) is 12.2 Å². The SMILES string of the molecule is Cc1ccc(NC(N)=NCC(C)Cn2cccn2)cc1C. The van der Waals surface area contributed by atoms with Gasteiger partial charge in [-0.05, 0) is 49.1 Å². The Balaban J connectivity index is 1.87. The van der Waals surface area contributed by atoms with Gasteiger partial charge in [-0.1, -0.05) is 13.0 Å². The number of rotatable bonds is 5. The highest BCUT2D eigenvalue weighted by Gasteiger charge is 2.03. The lowest BCUT2D eigenvalue weighted by atomic mass is 10.1. The van der Waals surface area contributed by atoms with E-state index in [4.69, 9.17) is 5.73 Å². The summed E-state index contributed by atoms with van der Waals surface area (Å²) < 4.78 is 1.91.